The highest BCUT2D eigenvalue weighted by Gasteiger charge is 2.57. The summed E-state index contributed by atoms with van der Waals surface area (Å²) in [5.74, 6) is -2.03. The maximum atomic E-state index is 13.0. The fourth-order valence-corrected chi connectivity index (χ4v) is 2.94. The minimum Gasteiger partial charge on any atom is -0.465 e. The third kappa shape index (κ3) is 4.74. The van der Waals surface area contributed by atoms with Crippen LogP contribution in [0.1, 0.15) is 26.3 Å². The highest BCUT2D eigenvalue weighted by atomic mass is 16.7. The Hall–Kier alpha value is -2.67. The molecule has 0 saturated heterocycles. The van der Waals surface area contributed by atoms with Crippen molar-refractivity contribution in [1.29, 1.82) is 0 Å². The lowest BCUT2D eigenvalue weighted by molar-refractivity contribution is -0.194. The summed E-state index contributed by atoms with van der Waals surface area (Å²) in [5, 5.41) is 0. The van der Waals surface area contributed by atoms with Crippen LogP contribution >= 0.6 is 0 Å². The summed E-state index contributed by atoms with van der Waals surface area (Å²) < 4.78 is 21.1. The van der Waals surface area contributed by atoms with E-state index in [-0.39, 0.29) is 19.6 Å². The van der Waals surface area contributed by atoms with Gasteiger partial charge >= 0.3 is 17.9 Å². The minimum absolute atomic E-state index is 0.0211. The molecule has 0 spiro atoms. The summed E-state index contributed by atoms with van der Waals surface area (Å²) in [6.45, 7) is 4.75. The van der Waals surface area contributed by atoms with E-state index in [9.17, 15) is 14.4 Å². The average Bonchev–Trinajstić information content (AvgIpc) is 3.08. The van der Waals surface area contributed by atoms with Crippen LogP contribution in [0.2, 0.25) is 0 Å². The van der Waals surface area contributed by atoms with Crippen LogP contribution in [-0.4, -0.2) is 43.5 Å². The molecule has 0 N–H and O–H groups in total. The summed E-state index contributed by atoms with van der Waals surface area (Å²) >= 11 is 0. The lowest BCUT2D eigenvalue weighted by Crippen LogP contribution is -2.52. The fraction of sp³-hybridized carbons (Fsp3) is 0.450. The van der Waals surface area contributed by atoms with Gasteiger partial charge in [0.25, 0.3) is 0 Å². The SMILES string of the molecule is CCOC(=O)C(Cc1ccccc1)(C(=O)OCC)[C@@H]1C=C[C@H](OC(C)=O)O1. The molecule has 0 bridgehead atoms. The molecule has 0 unspecified atom stereocenters. The highest BCUT2D eigenvalue weighted by molar-refractivity contribution is 6.01. The molecular formula is C20H24O7. The van der Waals surface area contributed by atoms with Crippen molar-refractivity contribution >= 4 is 17.9 Å². The van der Waals surface area contributed by atoms with Gasteiger partial charge in [0, 0.05) is 13.3 Å². The van der Waals surface area contributed by atoms with Crippen LogP contribution < -0.4 is 0 Å². The molecule has 0 aromatic heterocycles. The van der Waals surface area contributed by atoms with E-state index in [1.807, 2.05) is 18.2 Å². The molecule has 0 saturated carbocycles. The molecular weight excluding hydrogens is 352 g/mol. The fourth-order valence-electron chi connectivity index (χ4n) is 2.94. The van der Waals surface area contributed by atoms with Crippen molar-refractivity contribution < 1.29 is 33.3 Å². The van der Waals surface area contributed by atoms with E-state index in [2.05, 4.69) is 0 Å². The Morgan fingerprint density at radius 2 is 1.59 bits per heavy atom. The van der Waals surface area contributed by atoms with E-state index in [0.717, 1.165) is 5.56 Å². The second kappa shape index (κ2) is 9.32. The molecule has 7 nitrogen and oxygen atoms in total. The summed E-state index contributed by atoms with van der Waals surface area (Å²) in [5.41, 5.74) is -1.01. The maximum absolute atomic E-state index is 13.0. The number of hydrogen-bond donors (Lipinski definition) is 0. The van der Waals surface area contributed by atoms with Gasteiger partial charge in [-0.25, -0.2) is 0 Å². The molecule has 2 atom stereocenters. The van der Waals surface area contributed by atoms with Crippen LogP contribution in [0.15, 0.2) is 42.5 Å². The van der Waals surface area contributed by atoms with E-state index in [1.54, 1.807) is 26.0 Å². The minimum atomic E-state index is -1.75. The number of rotatable bonds is 8. The monoisotopic (exact) mass is 376 g/mol. The van der Waals surface area contributed by atoms with Gasteiger partial charge in [-0.2, -0.15) is 0 Å². The van der Waals surface area contributed by atoms with Crippen molar-refractivity contribution in [3.8, 4) is 0 Å². The third-order valence-electron chi connectivity index (χ3n) is 4.10. The van der Waals surface area contributed by atoms with Crippen LogP contribution in [0.5, 0.6) is 0 Å². The smallest absolute Gasteiger partial charge is 0.326 e. The van der Waals surface area contributed by atoms with Crippen LogP contribution in [0.3, 0.4) is 0 Å². The van der Waals surface area contributed by atoms with Crippen LogP contribution in [-0.2, 0) is 39.8 Å². The lowest BCUT2D eigenvalue weighted by atomic mass is 9.76. The molecule has 1 aromatic rings. The van der Waals surface area contributed by atoms with Crippen molar-refractivity contribution in [3.63, 3.8) is 0 Å². The normalized spacial score (nSPS) is 18.8. The van der Waals surface area contributed by atoms with Gasteiger partial charge in [-0.15, -0.1) is 0 Å². The van der Waals surface area contributed by atoms with Gasteiger partial charge in [-0.05, 0) is 25.5 Å². The summed E-state index contributed by atoms with van der Waals surface area (Å²) in [4.78, 5) is 37.1. The van der Waals surface area contributed by atoms with Crippen molar-refractivity contribution in [2.24, 2.45) is 5.41 Å². The highest BCUT2D eigenvalue weighted by Crippen LogP contribution is 2.37. The Bertz CT molecular complexity index is 678. The molecule has 0 fully saturated rings. The number of esters is 3. The van der Waals surface area contributed by atoms with Gasteiger partial charge in [-0.1, -0.05) is 36.4 Å². The molecule has 1 heterocycles. The standard InChI is InChI=1S/C20H24O7/c1-4-24-18(22)20(19(23)25-5-2,13-15-9-7-6-8-10-15)16-11-12-17(27-16)26-14(3)21/h6-12,16-17H,4-5,13H2,1-3H3/t16-,17+/m0/s1. The first-order valence-corrected chi connectivity index (χ1v) is 8.83. The third-order valence-corrected chi connectivity index (χ3v) is 4.10. The first-order chi connectivity index (χ1) is 12.9. The summed E-state index contributed by atoms with van der Waals surface area (Å²) in [7, 11) is 0. The first kappa shape index (κ1) is 20.6. The van der Waals surface area contributed by atoms with Crippen molar-refractivity contribution in [1.82, 2.24) is 0 Å². The van der Waals surface area contributed by atoms with Crippen LogP contribution in [0.25, 0.3) is 0 Å². The molecule has 1 aliphatic rings. The van der Waals surface area contributed by atoms with Crippen molar-refractivity contribution in [2.75, 3.05) is 13.2 Å². The number of carbonyl (C=O) groups is 3. The lowest BCUT2D eigenvalue weighted by Gasteiger charge is -2.33. The number of ether oxygens (including phenoxy) is 4. The Morgan fingerprint density at radius 3 is 2.11 bits per heavy atom. The van der Waals surface area contributed by atoms with E-state index >= 15 is 0 Å². The van der Waals surface area contributed by atoms with Gasteiger partial charge in [0.15, 0.2) is 5.41 Å². The molecule has 0 amide bonds. The maximum Gasteiger partial charge on any atom is 0.326 e. The zero-order valence-corrected chi connectivity index (χ0v) is 15.7. The van der Waals surface area contributed by atoms with Gasteiger partial charge in [-0.3, -0.25) is 14.4 Å². The van der Waals surface area contributed by atoms with Gasteiger partial charge in [0.1, 0.15) is 6.10 Å². The molecule has 1 aliphatic heterocycles. The van der Waals surface area contributed by atoms with Crippen molar-refractivity contribution in [2.45, 2.75) is 39.6 Å². The zero-order valence-electron chi connectivity index (χ0n) is 15.7. The average molecular weight is 376 g/mol. The predicted octanol–water partition coefficient (Wildman–Crippen LogP) is 2.19. The summed E-state index contributed by atoms with van der Waals surface area (Å²) in [6, 6.07) is 9.06. The topological polar surface area (TPSA) is 88.1 Å². The van der Waals surface area contributed by atoms with Gasteiger partial charge < -0.3 is 18.9 Å². The second-order valence-electron chi connectivity index (χ2n) is 5.99. The summed E-state index contributed by atoms with van der Waals surface area (Å²) in [6.07, 6.45) is 1.06. The van der Waals surface area contributed by atoms with E-state index < -0.39 is 35.7 Å². The Kier molecular flexibility index (Phi) is 7.12. The Labute approximate surface area is 158 Å². The molecule has 146 valence electrons. The van der Waals surface area contributed by atoms with Crippen LogP contribution in [0, 0.1) is 5.41 Å². The largest absolute Gasteiger partial charge is 0.465 e. The molecule has 27 heavy (non-hydrogen) atoms. The number of benzene rings is 1. The first-order valence-electron chi connectivity index (χ1n) is 8.83. The molecule has 1 aromatic carbocycles. The predicted molar refractivity (Wildman–Crippen MR) is 95.4 cm³/mol. The van der Waals surface area contributed by atoms with Crippen LogP contribution in [0.4, 0.5) is 0 Å². The van der Waals surface area contributed by atoms with Gasteiger partial charge in [0.2, 0.25) is 6.29 Å². The van der Waals surface area contributed by atoms with E-state index in [4.69, 9.17) is 18.9 Å². The zero-order chi connectivity index (χ0) is 19.9. The Morgan fingerprint density at radius 1 is 1.00 bits per heavy atom. The molecule has 0 aliphatic carbocycles. The van der Waals surface area contributed by atoms with Crippen molar-refractivity contribution in [3.05, 3.63) is 48.0 Å². The molecule has 7 heteroatoms. The second-order valence-corrected chi connectivity index (χ2v) is 5.99. The molecule has 0 radical (unpaired) electrons. The number of carbonyl (C=O) groups excluding carboxylic acids is 3. The van der Waals surface area contributed by atoms with E-state index in [0.29, 0.717) is 0 Å². The molecule has 2 rings (SSSR count). The quantitative estimate of drug-likeness (QED) is 0.297. The Balaban J connectivity index is 2.44. The van der Waals surface area contributed by atoms with Gasteiger partial charge in [0.05, 0.1) is 13.2 Å². The number of hydrogen-bond acceptors (Lipinski definition) is 7. The van der Waals surface area contributed by atoms with E-state index in [1.165, 1.54) is 19.1 Å².